The van der Waals surface area contributed by atoms with Crippen molar-refractivity contribution in [3.8, 4) is 0 Å². The van der Waals surface area contributed by atoms with Crippen molar-refractivity contribution < 1.29 is 14.4 Å². The summed E-state index contributed by atoms with van der Waals surface area (Å²) in [4.78, 5) is 43.1. The minimum Gasteiger partial charge on any atom is -0.292 e. The molecule has 36 heavy (non-hydrogen) atoms. The van der Waals surface area contributed by atoms with Gasteiger partial charge in [-0.2, -0.15) is 5.10 Å². The summed E-state index contributed by atoms with van der Waals surface area (Å²) in [6.07, 6.45) is 1.72. The summed E-state index contributed by atoms with van der Waals surface area (Å²) in [6.45, 7) is 0. The lowest BCUT2D eigenvalue weighted by molar-refractivity contribution is -0.124. The molecule has 0 aromatic heterocycles. The number of hydrogen-bond donors (Lipinski definition) is 0. The molecule has 2 fully saturated rings. The standard InChI is InChI=1S/C30H21N3O3/c34-28(19-9-2-1-3-10-19)27-25-24(26-23-13-7-6-12-21(23)17-31-33(26)27)29(35)32(30(25)36)22-15-14-18-8-4-5-11-20(18)16-22/h1-17,24-27H. The normalized spacial score (nSPS) is 24.1. The molecule has 4 aromatic carbocycles. The number of carbonyl (C=O) groups excluding carboxylic acids is 3. The number of rotatable bonds is 3. The highest BCUT2D eigenvalue weighted by molar-refractivity contribution is 6.25. The molecule has 0 spiro atoms. The van der Waals surface area contributed by atoms with Crippen LogP contribution < -0.4 is 4.90 Å². The molecule has 2 saturated heterocycles. The van der Waals surface area contributed by atoms with Crippen LogP contribution in [0.25, 0.3) is 10.8 Å². The van der Waals surface area contributed by atoms with E-state index in [0.29, 0.717) is 11.3 Å². The third kappa shape index (κ3) is 2.84. The van der Waals surface area contributed by atoms with E-state index in [0.717, 1.165) is 21.9 Å². The highest BCUT2D eigenvalue weighted by Crippen LogP contribution is 2.53. The van der Waals surface area contributed by atoms with E-state index < -0.39 is 23.9 Å². The number of Topliss-reactive ketones (excluding diaryl/α,β-unsaturated/α-hetero) is 1. The maximum atomic E-state index is 14.0. The number of hydrogen-bond acceptors (Lipinski definition) is 5. The topological polar surface area (TPSA) is 70.0 Å². The van der Waals surface area contributed by atoms with Crippen molar-refractivity contribution in [3.05, 3.63) is 114 Å². The molecule has 2 amide bonds. The fourth-order valence-electron chi connectivity index (χ4n) is 6.01. The highest BCUT2D eigenvalue weighted by Gasteiger charge is 2.65. The van der Waals surface area contributed by atoms with Crippen LogP contribution in [-0.2, 0) is 9.59 Å². The Bertz CT molecular complexity index is 1600. The zero-order valence-electron chi connectivity index (χ0n) is 19.2. The summed E-state index contributed by atoms with van der Waals surface area (Å²) in [5.41, 5.74) is 2.84. The van der Waals surface area contributed by atoms with Crippen LogP contribution in [-0.4, -0.2) is 34.9 Å². The summed E-state index contributed by atoms with van der Waals surface area (Å²) in [7, 11) is 0. The number of ketones is 1. The Hall–Kier alpha value is -4.58. The van der Waals surface area contributed by atoms with E-state index >= 15 is 0 Å². The van der Waals surface area contributed by atoms with Crippen LogP contribution in [0.15, 0.2) is 102 Å². The van der Waals surface area contributed by atoms with Gasteiger partial charge in [-0.1, -0.05) is 84.9 Å². The third-order valence-electron chi connectivity index (χ3n) is 7.61. The molecular formula is C30H21N3O3. The SMILES string of the molecule is O=C(c1ccccc1)C1C2C(=O)N(c3ccc4ccccc4c3)C(=O)C2C2c3ccccc3C=NN12. The van der Waals surface area contributed by atoms with Gasteiger partial charge in [-0.05, 0) is 34.0 Å². The molecular weight excluding hydrogens is 450 g/mol. The predicted molar refractivity (Wildman–Crippen MR) is 137 cm³/mol. The Balaban J connectivity index is 1.38. The summed E-state index contributed by atoms with van der Waals surface area (Å²) in [6, 6.07) is 28.7. The molecule has 0 saturated carbocycles. The van der Waals surface area contributed by atoms with Gasteiger partial charge in [0.15, 0.2) is 5.78 Å². The molecule has 6 heteroatoms. The van der Waals surface area contributed by atoms with Gasteiger partial charge in [0.1, 0.15) is 6.04 Å². The summed E-state index contributed by atoms with van der Waals surface area (Å²) < 4.78 is 0. The maximum absolute atomic E-state index is 14.0. The summed E-state index contributed by atoms with van der Waals surface area (Å²) in [5.74, 6) is -2.38. The molecule has 0 N–H and O–H groups in total. The monoisotopic (exact) mass is 471 g/mol. The molecule has 0 radical (unpaired) electrons. The Kier molecular flexibility index (Phi) is 4.45. The molecule has 0 aliphatic carbocycles. The molecule has 3 heterocycles. The lowest BCUT2D eigenvalue weighted by Crippen LogP contribution is -2.44. The van der Waals surface area contributed by atoms with Gasteiger partial charge in [0.2, 0.25) is 11.8 Å². The number of anilines is 1. The van der Waals surface area contributed by atoms with Crippen molar-refractivity contribution in [1.82, 2.24) is 5.01 Å². The second kappa shape index (κ2) is 7.71. The van der Waals surface area contributed by atoms with Gasteiger partial charge < -0.3 is 0 Å². The first-order valence-corrected chi connectivity index (χ1v) is 12.0. The summed E-state index contributed by atoms with van der Waals surface area (Å²) >= 11 is 0. The highest BCUT2D eigenvalue weighted by atomic mass is 16.2. The lowest BCUT2D eigenvalue weighted by Gasteiger charge is -2.33. The Morgan fingerprint density at radius 1 is 0.722 bits per heavy atom. The average molecular weight is 472 g/mol. The van der Waals surface area contributed by atoms with Crippen LogP contribution >= 0.6 is 0 Å². The van der Waals surface area contributed by atoms with Gasteiger partial charge in [0.05, 0.1) is 29.8 Å². The molecule has 3 aliphatic heterocycles. The molecule has 0 bridgehead atoms. The fraction of sp³-hybridized carbons (Fsp3) is 0.133. The van der Waals surface area contributed by atoms with Crippen LogP contribution in [0.5, 0.6) is 0 Å². The van der Waals surface area contributed by atoms with Gasteiger partial charge in [0.25, 0.3) is 0 Å². The first-order chi connectivity index (χ1) is 17.6. The van der Waals surface area contributed by atoms with Crippen molar-refractivity contribution in [3.63, 3.8) is 0 Å². The molecule has 4 unspecified atom stereocenters. The van der Waals surface area contributed by atoms with Gasteiger partial charge in [-0.3, -0.25) is 19.4 Å². The third-order valence-corrected chi connectivity index (χ3v) is 7.61. The van der Waals surface area contributed by atoms with Crippen LogP contribution in [0.2, 0.25) is 0 Å². The van der Waals surface area contributed by atoms with Crippen LogP contribution in [0.4, 0.5) is 5.69 Å². The maximum Gasteiger partial charge on any atom is 0.240 e. The van der Waals surface area contributed by atoms with Crippen molar-refractivity contribution in [1.29, 1.82) is 0 Å². The zero-order chi connectivity index (χ0) is 24.4. The average Bonchev–Trinajstić information content (AvgIpc) is 3.40. The number of hydrazone groups is 1. The van der Waals surface area contributed by atoms with Crippen LogP contribution in [0, 0.1) is 11.8 Å². The molecule has 4 atom stereocenters. The second-order valence-electron chi connectivity index (χ2n) is 9.47. The van der Waals surface area contributed by atoms with Gasteiger partial charge >= 0.3 is 0 Å². The number of carbonyl (C=O) groups is 3. The number of fused-ring (bicyclic) bond motifs is 6. The van der Waals surface area contributed by atoms with Crippen LogP contribution in [0.3, 0.4) is 0 Å². The van der Waals surface area contributed by atoms with E-state index in [1.165, 1.54) is 4.90 Å². The first kappa shape index (κ1) is 20.8. The van der Waals surface area contributed by atoms with E-state index in [4.69, 9.17) is 0 Å². The first-order valence-electron chi connectivity index (χ1n) is 12.0. The number of nitrogens with zero attached hydrogens (tertiary/aromatic N) is 3. The number of benzene rings is 4. The van der Waals surface area contributed by atoms with Crippen molar-refractivity contribution in [2.75, 3.05) is 4.90 Å². The summed E-state index contributed by atoms with van der Waals surface area (Å²) in [5, 5.41) is 8.28. The molecule has 3 aliphatic rings. The van der Waals surface area contributed by atoms with Crippen molar-refractivity contribution >= 4 is 40.3 Å². The van der Waals surface area contributed by atoms with Gasteiger partial charge in [-0.25, -0.2) is 4.90 Å². The second-order valence-corrected chi connectivity index (χ2v) is 9.47. The fourth-order valence-corrected chi connectivity index (χ4v) is 6.01. The molecule has 4 aromatic rings. The predicted octanol–water partition coefficient (Wildman–Crippen LogP) is 4.60. The van der Waals surface area contributed by atoms with Crippen molar-refractivity contribution in [2.45, 2.75) is 12.1 Å². The van der Waals surface area contributed by atoms with E-state index in [1.54, 1.807) is 41.6 Å². The minimum absolute atomic E-state index is 0.203. The number of amides is 2. The number of imide groups is 1. The zero-order valence-corrected chi connectivity index (χ0v) is 19.2. The van der Waals surface area contributed by atoms with Crippen molar-refractivity contribution in [2.24, 2.45) is 16.9 Å². The van der Waals surface area contributed by atoms with Gasteiger partial charge in [-0.15, -0.1) is 0 Å². The largest absolute Gasteiger partial charge is 0.292 e. The minimum atomic E-state index is -0.867. The lowest BCUT2D eigenvalue weighted by atomic mass is 9.83. The smallest absolute Gasteiger partial charge is 0.240 e. The Morgan fingerprint density at radius 3 is 2.25 bits per heavy atom. The Morgan fingerprint density at radius 2 is 1.42 bits per heavy atom. The van der Waals surface area contributed by atoms with Gasteiger partial charge in [0, 0.05) is 5.56 Å². The Labute approximate surface area is 207 Å². The van der Waals surface area contributed by atoms with E-state index in [1.807, 2.05) is 66.7 Å². The van der Waals surface area contributed by atoms with E-state index in [-0.39, 0.29) is 17.6 Å². The van der Waals surface area contributed by atoms with E-state index in [9.17, 15) is 14.4 Å². The molecule has 7 rings (SSSR count). The molecule has 6 nitrogen and oxygen atoms in total. The quantitative estimate of drug-likeness (QED) is 0.323. The van der Waals surface area contributed by atoms with Crippen LogP contribution in [0.1, 0.15) is 27.5 Å². The molecule has 174 valence electrons. The van der Waals surface area contributed by atoms with E-state index in [2.05, 4.69) is 5.10 Å².